The van der Waals surface area contributed by atoms with Gasteiger partial charge in [0.15, 0.2) is 0 Å². The average molecular weight is 335 g/mol. The van der Waals surface area contributed by atoms with E-state index < -0.39 is 0 Å². The summed E-state index contributed by atoms with van der Waals surface area (Å²) in [6.07, 6.45) is 0.827. The van der Waals surface area contributed by atoms with Gasteiger partial charge in [0.05, 0.1) is 26.3 Å². The lowest BCUT2D eigenvalue weighted by molar-refractivity contribution is -0.117. The van der Waals surface area contributed by atoms with Gasteiger partial charge in [0.1, 0.15) is 6.29 Å². The molecular weight excluding hydrogens is 306 g/mol. The molecule has 0 heterocycles. The molecule has 0 aliphatic carbocycles. The van der Waals surface area contributed by atoms with Crippen LogP contribution in [-0.2, 0) is 14.3 Å². The monoisotopic (exact) mass is 335 g/mol. The average Bonchev–Trinajstić information content (AvgIpc) is 2.56. The van der Waals surface area contributed by atoms with Gasteiger partial charge >= 0.3 is 0 Å². The SMILES string of the molecule is CCN(CCOCCNCC=O)CC(=O)Nc1c(C)cccc1C. The minimum absolute atomic E-state index is 0.0121. The Hall–Kier alpha value is -1.76. The van der Waals surface area contributed by atoms with Crippen LogP contribution in [0.2, 0.25) is 0 Å². The number of likely N-dealkylation sites (N-methyl/N-ethyl adjacent to an activating group) is 1. The van der Waals surface area contributed by atoms with Crippen LogP contribution in [0.1, 0.15) is 18.1 Å². The fraction of sp³-hybridized carbons (Fsp3) is 0.556. The third kappa shape index (κ3) is 7.68. The predicted molar refractivity (Wildman–Crippen MR) is 96.4 cm³/mol. The molecule has 0 fully saturated rings. The molecular formula is C18H29N3O3. The first-order valence-corrected chi connectivity index (χ1v) is 8.39. The zero-order valence-corrected chi connectivity index (χ0v) is 14.9. The van der Waals surface area contributed by atoms with Crippen molar-refractivity contribution in [3.63, 3.8) is 0 Å². The molecule has 0 aliphatic heterocycles. The van der Waals surface area contributed by atoms with Crippen molar-refractivity contribution in [3.8, 4) is 0 Å². The van der Waals surface area contributed by atoms with Gasteiger partial charge < -0.3 is 20.2 Å². The summed E-state index contributed by atoms with van der Waals surface area (Å²) in [5.74, 6) is -0.0121. The molecule has 1 rings (SSSR count). The fourth-order valence-electron chi connectivity index (χ4n) is 2.34. The Balaban J connectivity index is 2.31. The molecule has 0 aliphatic rings. The summed E-state index contributed by atoms with van der Waals surface area (Å²) < 4.78 is 5.50. The Morgan fingerprint density at radius 1 is 1.25 bits per heavy atom. The van der Waals surface area contributed by atoms with Crippen LogP contribution >= 0.6 is 0 Å². The lowest BCUT2D eigenvalue weighted by Gasteiger charge is -2.20. The summed E-state index contributed by atoms with van der Waals surface area (Å²) >= 11 is 0. The van der Waals surface area contributed by atoms with Crippen molar-refractivity contribution in [3.05, 3.63) is 29.3 Å². The van der Waals surface area contributed by atoms with E-state index in [2.05, 4.69) is 10.6 Å². The van der Waals surface area contributed by atoms with Crippen LogP contribution in [0.4, 0.5) is 5.69 Å². The number of nitrogens with zero attached hydrogens (tertiary/aromatic N) is 1. The smallest absolute Gasteiger partial charge is 0.238 e. The largest absolute Gasteiger partial charge is 0.379 e. The van der Waals surface area contributed by atoms with E-state index in [0.29, 0.717) is 39.4 Å². The molecule has 0 saturated carbocycles. The molecule has 0 atom stereocenters. The summed E-state index contributed by atoms with van der Waals surface area (Å²) in [4.78, 5) is 24.4. The zero-order valence-electron chi connectivity index (χ0n) is 14.9. The number of anilines is 1. The van der Waals surface area contributed by atoms with Gasteiger partial charge in [-0.2, -0.15) is 0 Å². The number of hydrogen-bond donors (Lipinski definition) is 2. The highest BCUT2D eigenvalue weighted by atomic mass is 16.5. The minimum atomic E-state index is -0.0121. The third-order valence-corrected chi connectivity index (χ3v) is 3.76. The normalized spacial score (nSPS) is 10.8. The number of carbonyl (C=O) groups excluding carboxylic acids is 2. The maximum absolute atomic E-state index is 12.3. The molecule has 2 N–H and O–H groups in total. The van der Waals surface area contributed by atoms with Crippen molar-refractivity contribution < 1.29 is 14.3 Å². The summed E-state index contributed by atoms with van der Waals surface area (Å²) in [5, 5.41) is 5.94. The van der Waals surface area contributed by atoms with Crippen LogP contribution in [0.3, 0.4) is 0 Å². The molecule has 1 amide bonds. The molecule has 1 aromatic rings. The maximum atomic E-state index is 12.3. The van der Waals surface area contributed by atoms with Gasteiger partial charge in [-0.1, -0.05) is 25.1 Å². The van der Waals surface area contributed by atoms with Gasteiger partial charge in [0, 0.05) is 18.8 Å². The summed E-state index contributed by atoms with van der Waals surface area (Å²) in [5.41, 5.74) is 3.03. The van der Waals surface area contributed by atoms with E-state index in [9.17, 15) is 9.59 Å². The zero-order chi connectivity index (χ0) is 17.8. The molecule has 0 bridgehead atoms. The molecule has 0 saturated heterocycles. The Morgan fingerprint density at radius 3 is 2.58 bits per heavy atom. The standard InChI is InChI=1S/C18H29N3O3/c1-4-21(10-13-24-12-9-19-8-11-22)14-17(23)20-18-15(2)6-5-7-16(18)3/h5-7,11,19H,4,8-10,12-14H2,1-3H3,(H,20,23). The highest BCUT2D eigenvalue weighted by molar-refractivity contribution is 5.93. The van der Waals surface area contributed by atoms with Crippen molar-refractivity contribution in [1.82, 2.24) is 10.2 Å². The van der Waals surface area contributed by atoms with Crippen molar-refractivity contribution in [2.75, 3.05) is 51.3 Å². The first-order chi connectivity index (χ1) is 11.6. The van der Waals surface area contributed by atoms with Crippen molar-refractivity contribution in [2.45, 2.75) is 20.8 Å². The van der Waals surface area contributed by atoms with Gasteiger partial charge in [-0.15, -0.1) is 0 Å². The Kier molecular flexibility index (Phi) is 9.91. The number of para-hydroxylation sites is 1. The molecule has 0 radical (unpaired) electrons. The Morgan fingerprint density at radius 2 is 1.96 bits per heavy atom. The van der Waals surface area contributed by atoms with E-state index in [1.165, 1.54) is 0 Å². The quantitative estimate of drug-likeness (QED) is 0.446. The highest BCUT2D eigenvalue weighted by Gasteiger charge is 2.11. The fourth-order valence-corrected chi connectivity index (χ4v) is 2.34. The Bertz CT molecular complexity index is 500. The third-order valence-electron chi connectivity index (χ3n) is 3.76. The van der Waals surface area contributed by atoms with Crippen LogP contribution in [0, 0.1) is 13.8 Å². The van der Waals surface area contributed by atoms with Gasteiger partial charge in [0.2, 0.25) is 5.91 Å². The summed E-state index contributed by atoms with van der Waals surface area (Å²) in [6.45, 7) is 9.96. The molecule has 134 valence electrons. The molecule has 6 nitrogen and oxygen atoms in total. The van der Waals surface area contributed by atoms with Gasteiger partial charge in [-0.3, -0.25) is 9.69 Å². The molecule has 6 heteroatoms. The molecule has 0 aromatic heterocycles. The number of carbonyl (C=O) groups is 2. The topological polar surface area (TPSA) is 70.7 Å². The number of ether oxygens (including phenoxy) is 1. The maximum Gasteiger partial charge on any atom is 0.238 e. The lowest BCUT2D eigenvalue weighted by Crippen LogP contribution is -2.36. The van der Waals surface area contributed by atoms with Gasteiger partial charge in [-0.05, 0) is 31.5 Å². The van der Waals surface area contributed by atoms with Crippen LogP contribution in [0.5, 0.6) is 0 Å². The number of rotatable bonds is 12. The van der Waals surface area contributed by atoms with Crippen molar-refractivity contribution in [2.24, 2.45) is 0 Å². The number of aryl methyl sites for hydroxylation is 2. The Labute approximate surface area is 144 Å². The second-order valence-corrected chi connectivity index (χ2v) is 5.67. The second kappa shape index (κ2) is 11.7. The lowest BCUT2D eigenvalue weighted by atomic mass is 10.1. The second-order valence-electron chi connectivity index (χ2n) is 5.67. The van der Waals surface area contributed by atoms with Crippen LogP contribution in [0.15, 0.2) is 18.2 Å². The van der Waals surface area contributed by atoms with E-state index in [4.69, 9.17) is 4.74 Å². The van der Waals surface area contributed by atoms with Crippen molar-refractivity contribution >= 4 is 17.9 Å². The van der Waals surface area contributed by atoms with E-state index in [-0.39, 0.29) is 5.91 Å². The molecule has 0 unspecified atom stereocenters. The van der Waals surface area contributed by atoms with Crippen LogP contribution < -0.4 is 10.6 Å². The number of aldehydes is 1. The first-order valence-electron chi connectivity index (χ1n) is 8.39. The van der Waals surface area contributed by atoms with E-state index >= 15 is 0 Å². The van der Waals surface area contributed by atoms with Gasteiger partial charge in [0.25, 0.3) is 0 Å². The molecule has 24 heavy (non-hydrogen) atoms. The number of amides is 1. The van der Waals surface area contributed by atoms with Gasteiger partial charge in [-0.25, -0.2) is 0 Å². The van der Waals surface area contributed by atoms with E-state index in [0.717, 1.165) is 29.6 Å². The number of hydrogen-bond acceptors (Lipinski definition) is 5. The molecule has 1 aromatic carbocycles. The van der Waals surface area contributed by atoms with Crippen LogP contribution in [-0.4, -0.2) is 63.0 Å². The number of nitrogens with one attached hydrogen (secondary N) is 2. The predicted octanol–water partition coefficient (Wildman–Crippen LogP) is 1.37. The van der Waals surface area contributed by atoms with Crippen LogP contribution in [0.25, 0.3) is 0 Å². The van der Waals surface area contributed by atoms with E-state index in [1.54, 1.807) is 0 Å². The summed E-state index contributed by atoms with van der Waals surface area (Å²) in [6, 6.07) is 5.97. The minimum Gasteiger partial charge on any atom is -0.379 e. The first kappa shape index (κ1) is 20.3. The van der Waals surface area contributed by atoms with Crippen molar-refractivity contribution in [1.29, 1.82) is 0 Å². The summed E-state index contributed by atoms with van der Waals surface area (Å²) in [7, 11) is 0. The highest BCUT2D eigenvalue weighted by Crippen LogP contribution is 2.19. The van der Waals surface area contributed by atoms with E-state index in [1.807, 2.05) is 43.9 Å². The number of benzene rings is 1. The molecule has 0 spiro atoms.